The lowest BCUT2D eigenvalue weighted by Gasteiger charge is -2.15. The first-order chi connectivity index (χ1) is 19.5. The van der Waals surface area contributed by atoms with E-state index in [2.05, 4.69) is 22.6 Å². The van der Waals surface area contributed by atoms with Crippen molar-refractivity contribution >= 4 is 86.4 Å². The Morgan fingerprint density at radius 2 is 1.83 bits per heavy atom. The van der Waals surface area contributed by atoms with Gasteiger partial charge in [-0.05, 0) is 89.3 Å². The topological polar surface area (TPSA) is 84.9 Å². The second kappa shape index (κ2) is 13.4. The zero-order valence-electron chi connectivity index (χ0n) is 20.9. The van der Waals surface area contributed by atoms with Crippen molar-refractivity contribution in [2.75, 3.05) is 18.5 Å². The highest BCUT2D eigenvalue weighted by Gasteiger charge is 2.36. The summed E-state index contributed by atoms with van der Waals surface area (Å²) in [4.78, 5) is 38.5. The van der Waals surface area contributed by atoms with Gasteiger partial charge in [0.15, 0.2) is 29.0 Å². The number of thioether (sulfide) groups is 1. The molecule has 3 aromatic carbocycles. The van der Waals surface area contributed by atoms with Crippen molar-refractivity contribution in [2.45, 2.75) is 13.5 Å². The maximum Gasteiger partial charge on any atom is 0.294 e. The summed E-state index contributed by atoms with van der Waals surface area (Å²) in [5.41, 5.74) is 0.604. The molecule has 41 heavy (non-hydrogen) atoms. The monoisotopic (exact) mass is 736 g/mol. The molecule has 3 aromatic rings. The van der Waals surface area contributed by atoms with Gasteiger partial charge in [0.25, 0.3) is 11.1 Å². The highest BCUT2D eigenvalue weighted by molar-refractivity contribution is 14.1. The van der Waals surface area contributed by atoms with Crippen LogP contribution in [0.1, 0.15) is 18.1 Å². The molecule has 0 atom stereocenters. The summed E-state index contributed by atoms with van der Waals surface area (Å²) in [6.45, 7) is 1.49. The molecule has 0 unspecified atom stereocenters. The largest absolute Gasteiger partial charge is 0.490 e. The van der Waals surface area contributed by atoms with E-state index in [0.717, 1.165) is 6.07 Å². The molecule has 7 nitrogen and oxygen atoms in total. The van der Waals surface area contributed by atoms with Crippen LogP contribution < -0.4 is 14.8 Å². The number of ether oxygens (including phenoxy) is 2. The van der Waals surface area contributed by atoms with Crippen LogP contribution >= 0.6 is 57.6 Å². The minimum absolute atomic E-state index is 0.0293. The fourth-order valence-corrected chi connectivity index (χ4v) is 5.69. The second-order valence-electron chi connectivity index (χ2n) is 8.33. The molecule has 0 radical (unpaired) electrons. The van der Waals surface area contributed by atoms with E-state index in [1.807, 2.05) is 5.32 Å². The molecule has 14 heteroatoms. The maximum atomic E-state index is 13.9. The summed E-state index contributed by atoms with van der Waals surface area (Å²) in [5, 5.41) is 2.24. The van der Waals surface area contributed by atoms with Crippen LogP contribution in [0.15, 0.2) is 47.4 Å². The molecular weight excluding hydrogens is 719 g/mol. The summed E-state index contributed by atoms with van der Waals surface area (Å²) < 4.78 is 52.9. The standard InChI is InChI=1S/C27H18Cl2F3IN2O5S/c1-2-39-20-8-13(7-18(33)25(20)40-12-14-3-4-15(28)10-16(14)29)9-21-26(37)35(27(38)41-21)11-22(36)34-19-6-5-17(30)23(31)24(19)32/h3-10H,2,11-12H2,1H3,(H,34,36)/b21-9+. The van der Waals surface area contributed by atoms with E-state index < -0.39 is 46.7 Å². The van der Waals surface area contributed by atoms with Crippen LogP contribution in [0.2, 0.25) is 10.0 Å². The third-order valence-electron chi connectivity index (χ3n) is 5.50. The van der Waals surface area contributed by atoms with Crippen molar-refractivity contribution in [1.82, 2.24) is 4.90 Å². The van der Waals surface area contributed by atoms with Gasteiger partial charge in [-0.3, -0.25) is 19.3 Å². The molecule has 3 amide bonds. The first kappa shape index (κ1) is 31.0. The van der Waals surface area contributed by atoms with Gasteiger partial charge < -0.3 is 14.8 Å². The van der Waals surface area contributed by atoms with Crippen LogP contribution in [-0.4, -0.2) is 35.1 Å². The van der Waals surface area contributed by atoms with E-state index in [1.54, 1.807) is 37.3 Å². The number of hydrogen-bond donors (Lipinski definition) is 1. The van der Waals surface area contributed by atoms with Gasteiger partial charge in [-0.25, -0.2) is 13.2 Å². The molecule has 1 fully saturated rings. The van der Waals surface area contributed by atoms with E-state index in [1.165, 1.54) is 6.08 Å². The number of nitrogens with zero attached hydrogens (tertiary/aromatic N) is 1. The van der Waals surface area contributed by atoms with Crippen LogP contribution in [0.25, 0.3) is 6.08 Å². The Hall–Kier alpha value is -2.94. The number of nitrogens with one attached hydrogen (secondary N) is 1. The summed E-state index contributed by atoms with van der Waals surface area (Å²) in [5.74, 6) is -5.68. The normalized spacial score (nSPS) is 14.1. The molecule has 1 aliphatic heterocycles. The molecule has 0 aromatic heterocycles. The fraction of sp³-hybridized carbons (Fsp3) is 0.148. The van der Waals surface area contributed by atoms with Crippen molar-refractivity contribution in [1.29, 1.82) is 0 Å². The van der Waals surface area contributed by atoms with Crippen LogP contribution in [0.4, 0.5) is 23.7 Å². The van der Waals surface area contributed by atoms with E-state index in [0.29, 0.717) is 65.6 Å². The highest BCUT2D eigenvalue weighted by Crippen LogP contribution is 2.38. The summed E-state index contributed by atoms with van der Waals surface area (Å²) in [7, 11) is 0. The summed E-state index contributed by atoms with van der Waals surface area (Å²) in [6, 6.07) is 9.87. The number of imide groups is 1. The quantitative estimate of drug-likeness (QED) is 0.138. The second-order valence-corrected chi connectivity index (χ2v) is 11.3. The minimum Gasteiger partial charge on any atom is -0.490 e. The Balaban J connectivity index is 1.50. The van der Waals surface area contributed by atoms with Gasteiger partial charge in [0.1, 0.15) is 13.2 Å². The molecule has 1 heterocycles. The van der Waals surface area contributed by atoms with Crippen LogP contribution in [0.5, 0.6) is 11.5 Å². The Bertz CT molecular complexity index is 1590. The Morgan fingerprint density at radius 1 is 1.07 bits per heavy atom. The average molecular weight is 737 g/mol. The number of carbonyl (C=O) groups excluding carboxylic acids is 3. The zero-order valence-corrected chi connectivity index (χ0v) is 25.4. The number of hydrogen-bond acceptors (Lipinski definition) is 6. The molecule has 1 N–H and O–H groups in total. The van der Waals surface area contributed by atoms with Crippen LogP contribution in [-0.2, 0) is 16.2 Å². The third kappa shape index (κ3) is 7.29. The van der Waals surface area contributed by atoms with E-state index >= 15 is 0 Å². The lowest BCUT2D eigenvalue weighted by molar-refractivity contribution is -0.127. The third-order valence-corrected chi connectivity index (χ3v) is 7.80. The van der Waals surface area contributed by atoms with Gasteiger partial charge in [-0.1, -0.05) is 29.3 Å². The summed E-state index contributed by atoms with van der Waals surface area (Å²) in [6.07, 6.45) is 1.46. The van der Waals surface area contributed by atoms with Crippen molar-refractivity contribution in [3.63, 3.8) is 0 Å². The molecule has 0 spiro atoms. The first-order valence-electron chi connectivity index (χ1n) is 11.7. The molecule has 0 aliphatic carbocycles. The Kier molecular flexibility index (Phi) is 10.1. The van der Waals surface area contributed by atoms with Crippen molar-refractivity contribution < 1.29 is 37.0 Å². The van der Waals surface area contributed by atoms with E-state index in [-0.39, 0.29) is 11.5 Å². The van der Waals surface area contributed by atoms with Gasteiger partial charge >= 0.3 is 0 Å². The van der Waals surface area contributed by atoms with E-state index in [9.17, 15) is 27.6 Å². The minimum atomic E-state index is -1.76. The molecular formula is C27H18Cl2F3IN2O5S. The van der Waals surface area contributed by atoms with Gasteiger partial charge in [-0.15, -0.1) is 0 Å². The Labute approximate surface area is 260 Å². The Morgan fingerprint density at radius 3 is 2.54 bits per heavy atom. The molecule has 214 valence electrons. The van der Waals surface area contributed by atoms with Crippen molar-refractivity contribution in [3.8, 4) is 11.5 Å². The number of rotatable bonds is 9. The molecule has 0 saturated carbocycles. The smallest absolute Gasteiger partial charge is 0.294 e. The fourth-order valence-electron chi connectivity index (χ4n) is 3.61. The molecule has 1 aliphatic rings. The molecule has 0 bridgehead atoms. The van der Waals surface area contributed by atoms with Crippen LogP contribution in [0, 0.1) is 21.0 Å². The lowest BCUT2D eigenvalue weighted by atomic mass is 10.1. The number of amides is 3. The average Bonchev–Trinajstić information content (AvgIpc) is 3.17. The van der Waals surface area contributed by atoms with E-state index in [4.69, 9.17) is 32.7 Å². The zero-order chi connectivity index (χ0) is 29.8. The number of halogens is 6. The molecule has 4 rings (SSSR count). The van der Waals surface area contributed by atoms with Crippen molar-refractivity contribution in [2.24, 2.45) is 0 Å². The maximum absolute atomic E-state index is 13.9. The SMILES string of the molecule is CCOc1cc(/C=C2/SC(=O)N(CC(=O)Nc3ccc(F)c(F)c3F)C2=O)cc(I)c1OCc1ccc(Cl)cc1Cl. The van der Waals surface area contributed by atoms with Crippen molar-refractivity contribution in [3.05, 3.63) is 89.6 Å². The lowest BCUT2D eigenvalue weighted by Crippen LogP contribution is -2.36. The molecule has 1 saturated heterocycles. The highest BCUT2D eigenvalue weighted by atomic mass is 127. The number of benzene rings is 3. The van der Waals surface area contributed by atoms with Gasteiger partial charge in [-0.2, -0.15) is 0 Å². The van der Waals surface area contributed by atoms with Gasteiger partial charge in [0.2, 0.25) is 5.91 Å². The number of anilines is 1. The predicted octanol–water partition coefficient (Wildman–Crippen LogP) is 7.67. The number of carbonyl (C=O) groups is 3. The predicted molar refractivity (Wildman–Crippen MR) is 159 cm³/mol. The van der Waals surface area contributed by atoms with Gasteiger partial charge in [0, 0.05) is 15.6 Å². The summed E-state index contributed by atoms with van der Waals surface area (Å²) >= 11 is 14.9. The van der Waals surface area contributed by atoms with Crippen LogP contribution in [0.3, 0.4) is 0 Å². The first-order valence-corrected chi connectivity index (χ1v) is 14.3. The van der Waals surface area contributed by atoms with Gasteiger partial charge in [0.05, 0.1) is 20.8 Å².